The second kappa shape index (κ2) is 7.07. The molecule has 27 heavy (non-hydrogen) atoms. The number of carboxylic acids is 1. The first-order chi connectivity index (χ1) is 13.0. The summed E-state index contributed by atoms with van der Waals surface area (Å²) in [7, 11) is 1.77. The minimum absolute atomic E-state index is 0.140. The van der Waals surface area contributed by atoms with Crippen molar-refractivity contribution in [2.45, 2.75) is 18.5 Å². The Bertz CT molecular complexity index is 812. The van der Waals surface area contributed by atoms with Crippen molar-refractivity contribution in [2.24, 2.45) is 0 Å². The number of piperazine rings is 1. The fourth-order valence-electron chi connectivity index (χ4n) is 3.75. The van der Waals surface area contributed by atoms with Crippen molar-refractivity contribution < 1.29 is 19.1 Å². The zero-order valence-corrected chi connectivity index (χ0v) is 15.2. The number of carbonyl (C=O) groups excluding carboxylic acids is 1. The highest BCUT2D eigenvalue weighted by Crippen LogP contribution is 2.22. The second-order valence-electron chi connectivity index (χ2n) is 7.11. The van der Waals surface area contributed by atoms with Crippen molar-refractivity contribution in [2.75, 3.05) is 44.7 Å². The first-order valence-corrected chi connectivity index (χ1v) is 9.10. The van der Waals surface area contributed by atoms with Crippen LogP contribution in [0.25, 0.3) is 11.1 Å². The third-order valence-corrected chi connectivity index (χ3v) is 5.28. The monoisotopic (exact) mass is 373 g/mol. The second-order valence-corrected chi connectivity index (χ2v) is 7.11. The molecule has 2 atom stereocenters. The van der Waals surface area contributed by atoms with Crippen molar-refractivity contribution in [1.29, 1.82) is 0 Å². The number of carbonyl (C=O) groups is 2. The highest BCUT2D eigenvalue weighted by atomic mass is 16.4. The maximum Gasteiger partial charge on any atom is 0.320 e. The molecule has 2 amide bonds. The SMILES string of the molecule is CN1C[C@H](NC(=O)N2CCN(c3nc4ccccc4o3)CC2)C[C@H]1C(=O)O. The predicted octanol–water partition coefficient (Wildman–Crippen LogP) is 0.817. The Balaban J connectivity index is 1.31. The summed E-state index contributed by atoms with van der Waals surface area (Å²) in [6.07, 6.45) is 0.431. The Morgan fingerprint density at radius 2 is 1.96 bits per heavy atom. The topological polar surface area (TPSA) is 102 Å². The van der Waals surface area contributed by atoms with Gasteiger partial charge in [-0.15, -0.1) is 0 Å². The Morgan fingerprint density at radius 3 is 2.63 bits per heavy atom. The quantitative estimate of drug-likeness (QED) is 0.821. The van der Waals surface area contributed by atoms with Gasteiger partial charge in [0.05, 0.1) is 0 Å². The number of anilines is 1. The number of amides is 2. The number of para-hydroxylation sites is 2. The number of urea groups is 1. The number of carboxylic acid groups (broad SMARTS) is 1. The van der Waals surface area contributed by atoms with E-state index in [9.17, 15) is 14.7 Å². The van der Waals surface area contributed by atoms with Gasteiger partial charge in [0.1, 0.15) is 11.6 Å². The van der Waals surface area contributed by atoms with Crippen LogP contribution in [0.3, 0.4) is 0 Å². The molecule has 0 unspecified atom stereocenters. The first-order valence-electron chi connectivity index (χ1n) is 9.10. The summed E-state index contributed by atoms with van der Waals surface area (Å²) in [6, 6.07) is 7.40. The minimum Gasteiger partial charge on any atom is -0.480 e. The van der Waals surface area contributed by atoms with E-state index in [1.165, 1.54) is 0 Å². The van der Waals surface area contributed by atoms with E-state index in [1.54, 1.807) is 16.8 Å². The molecule has 2 saturated heterocycles. The standard InChI is InChI=1S/C18H23N5O4/c1-21-11-12(10-14(21)16(24)25)19-17(26)22-6-8-23(9-7-22)18-20-13-4-2-3-5-15(13)27-18/h2-5,12,14H,6-11H2,1H3,(H,19,26)(H,24,25)/t12-,14+/m1/s1. The lowest BCUT2D eigenvalue weighted by atomic mass is 10.2. The Hall–Kier alpha value is -2.81. The van der Waals surface area contributed by atoms with E-state index in [0.717, 1.165) is 11.1 Å². The van der Waals surface area contributed by atoms with Gasteiger partial charge in [0, 0.05) is 38.8 Å². The summed E-state index contributed by atoms with van der Waals surface area (Å²) in [5.74, 6) is -0.846. The number of likely N-dealkylation sites (N-methyl/N-ethyl adjacent to an activating group) is 1. The number of hydrogen-bond acceptors (Lipinski definition) is 6. The van der Waals surface area contributed by atoms with Crippen LogP contribution in [0.5, 0.6) is 0 Å². The molecule has 0 spiro atoms. The van der Waals surface area contributed by atoms with Gasteiger partial charge < -0.3 is 24.6 Å². The predicted molar refractivity (Wildman–Crippen MR) is 98.8 cm³/mol. The number of rotatable bonds is 3. The fraction of sp³-hybridized carbons (Fsp3) is 0.500. The molecule has 2 aromatic rings. The smallest absolute Gasteiger partial charge is 0.320 e. The van der Waals surface area contributed by atoms with Gasteiger partial charge in [-0.3, -0.25) is 9.69 Å². The molecular weight excluding hydrogens is 350 g/mol. The van der Waals surface area contributed by atoms with Crippen LogP contribution in [0.4, 0.5) is 10.8 Å². The third-order valence-electron chi connectivity index (χ3n) is 5.28. The Labute approximate surface area is 156 Å². The molecule has 0 radical (unpaired) electrons. The van der Waals surface area contributed by atoms with E-state index in [2.05, 4.69) is 10.3 Å². The van der Waals surface area contributed by atoms with E-state index in [-0.39, 0.29) is 12.1 Å². The normalized spacial score (nSPS) is 23.7. The van der Waals surface area contributed by atoms with E-state index in [0.29, 0.717) is 45.2 Å². The van der Waals surface area contributed by atoms with Crippen LogP contribution in [0.15, 0.2) is 28.7 Å². The number of likely N-dealkylation sites (tertiary alicyclic amines) is 1. The van der Waals surface area contributed by atoms with Crippen LogP contribution < -0.4 is 10.2 Å². The van der Waals surface area contributed by atoms with Crippen LogP contribution in [-0.4, -0.2) is 83.7 Å². The van der Waals surface area contributed by atoms with Crippen LogP contribution in [-0.2, 0) is 4.79 Å². The van der Waals surface area contributed by atoms with Crippen LogP contribution >= 0.6 is 0 Å². The van der Waals surface area contributed by atoms with Crippen molar-refractivity contribution in [3.05, 3.63) is 24.3 Å². The third kappa shape index (κ3) is 3.55. The lowest BCUT2D eigenvalue weighted by Crippen LogP contribution is -2.53. The highest BCUT2D eigenvalue weighted by Gasteiger charge is 2.36. The fourth-order valence-corrected chi connectivity index (χ4v) is 3.75. The molecule has 3 heterocycles. The summed E-state index contributed by atoms with van der Waals surface area (Å²) < 4.78 is 5.79. The number of aromatic nitrogens is 1. The average molecular weight is 373 g/mol. The van der Waals surface area contributed by atoms with Gasteiger partial charge in [-0.25, -0.2) is 4.79 Å². The number of nitrogens with zero attached hydrogens (tertiary/aromatic N) is 4. The number of benzene rings is 1. The molecule has 9 heteroatoms. The van der Waals surface area contributed by atoms with Gasteiger partial charge in [0.15, 0.2) is 5.58 Å². The lowest BCUT2D eigenvalue weighted by molar-refractivity contribution is -0.141. The van der Waals surface area contributed by atoms with Crippen molar-refractivity contribution in [1.82, 2.24) is 20.1 Å². The summed E-state index contributed by atoms with van der Waals surface area (Å²) in [6.45, 7) is 2.96. The zero-order chi connectivity index (χ0) is 19.0. The van der Waals surface area contributed by atoms with Crippen molar-refractivity contribution in [3.63, 3.8) is 0 Å². The molecule has 1 aromatic carbocycles. The molecule has 1 aromatic heterocycles. The first kappa shape index (κ1) is 17.6. The van der Waals surface area contributed by atoms with Crippen LogP contribution in [0.2, 0.25) is 0 Å². The number of aliphatic carboxylic acids is 1. The van der Waals surface area contributed by atoms with E-state index in [1.807, 2.05) is 29.2 Å². The van der Waals surface area contributed by atoms with E-state index < -0.39 is 12.0 Å². The van der Waals surface area contributed by atoms with Crippen molar-refractivity contribution >= 4 is 29.1 Å². The Morgan fingerprint density at radius 1 is 1.22 bits per heavy atom. The van der Waals surface area contributed by atoms with Gasteiger partial charge in [-0.1, -0.05) is 12.1 Å². The molecule has 0 aliphatic carbocycles. The van der Waals surface area contributed by atoms with Gasteiger partial charge in [-0.05, 0) is 25.6 Å². The van der Waals surface area contributed by atoms with Gasteiger partial charge >= 0.3 is 12.0 Å². The van der Waals surface area contributed by atoms with E-state index in [4.69, 9.17) is 4.42 Å². The maximum absolute atomic E-state index is 12.5. The molecule has 2 N–H and O–H groups in total. The molecule has 0 bridgehead atoms. The number of hydrogen-bond donors (Lipinski definition) is 2. The zero-order valence-electron chi connectivity index (χ0n) is 15.2. The summed E-state index contributed by atoms with van der Waals surface area (Å²) in [5, 5.41) is 12.2. The van der Waals surface area contributed by atoms with Gasteiger partial charge in [0.25, 0.3) is 6.01 Å². The van der Waals surface area contributed by atoms with Crippen LogP contribution in [0.1, 0.15) is 6.42 Å². The lowest BCUT2D eigenvalue weighted by Gasteiger charge is -2.34. The molecule has 4 rings (SSSR count). The minimum atomic E-state index is -0.846. The van der Waals surface area contributed by atoms with Gasteiger partial charge in [0.2, 0.25) is 0 Å². The van der Waals surface area contributed by atoms with Crippen molar-refractivity contribution in [3.8, 4) is 0 Å². The molecule has 2 fully saturated rings. The summed E-state index contributed by atoms with van der Waals surface area (Å²) in [4.78, 5) is 33.8. The van der Waals surface area contributed by atoms with Crippen LogP contribution in [0, 0.1) is 0 Å². The molecule has 9 nitrogen and oxygen atoms in total. The molecular formula is C18H23N5O4. The van der Waals surface area contributed by atoms with Gasteiger partial charge in [-0.2, -0.15) is 4.98 Å². The largest absolute Gasteiger partial charge is 0.480 e. The molecule has 2 aliphatic heterocycles. The maximum atomic E-state index is 12.5. The van der Waals surface area contributed by atoms with E-state index >= 15 is 0 Å². The molecule has 2 aliphatic rings. The number of oxazole rings is 1. The summed E-state index contributed by atoms with van der Waals surface area (Å²) >= 11 is 0. The number of fused-ring (bicyclic) bond motifs is 1. The highest BCUT2D eigenvalue weighted by molar-refractivity contribution is 5.77. The molecule has 144 valence electrons. The molecule has 0 saturated carbocycles. The average Bonchev–Trinajstić information content (AvgIpc) is 3.25. The summed E-state index contributed by atoms with van der Waals surface area (Å²) in [5.41, 5.74) is 1.58. The number of nitrogens with one attached hydrogen (secondary N) is 1. The Kier molecular flexibility index (Phi) is 4.61.